The summed E-state index contributed by atoms with van der Waals surface area (Å²) >= 11 is 6.96. The highest BCUT2D eigenvalue weighted by Gasteiger charge is 2.08. The Morgan fingerprint density at radius 2 is 2.31 bits per heavy atom. The zero-order valence-electron chi connectivity index (χ0n) is 7.98. The van der Waals surface area contributed by atoms with E-state index in [-0.39, 0.29) is 16.7 Å². The van der Waals surface area contributed by atoms with E-state index >= 15 is 0 Å². The Balaban J connectivity index is 2.15. The van der Waals surface area contributed by atoms with Gasteiger partial charge >= 0.3 is 0 Å². The predicted octanol–water partition coefficient (Wildman–Crippen LogP) is 2.75. The van der Waals surface area contributed by atoms with Crippen molar-refractivity contribution in [2.24, 2.45) is 0 Å². The maximum absolute atomic E-state index is 11.6. The number of rotatable bonds is 2. The van der Waals surface area contributed by atoms with Crippen molar-refractivity contribution in [3.8, 4) is 5.75 Å². The van der Waals surface area contributed by atoms with Crippen LogP contribution >= 0.6 is 22.9 Å². The third-order valence-electron chi connectivity index (χ3n) is 1.86. The maximum Gasteiger partial charge on any atom is 0.267 e. The number of nitrogens with one attached hydrogen (secondary N) is 1. The normalized spacial score (nSPS) is 10.1. The van der Waals surface area contributed by atoms with Gasteiger partial charge in [0.05, 0.1) is 16.7 Å². The van der Waals surface area contributed by atoms with Crippen molar-refractivity contribution in [2.45, 2.75) is 0 Å². The first-order valence-electron chi connectivity index (χ1n) is 4.35. The fourth-order valence-electron chi connectivity index (χ4n) is 1.11. The number of carbonyl (C=O) groups is 1. The molecule has 0 aliphatic carbocycles. The average Bonchev–Trinajstić information content (AvgIpc) is 2.77. The smallest absolute Gasteiger partial charge is 0.267 e. The van der Waals surface area contributed by atoms with Gasteiger partial charge in [0.15, 0.2) is 0 Å². The van der Waals surface area contributed by atoms with Gasteiger partial charge in [0, 0.05) is 5.69 Å². The van der Waals surface area contributed by atoms with Gasteiger partial charge in [-0.1, -0.05) is 11.6 Å². The van der Waals surface area contributed by atoms with E-state index < -0.39 is 0 Å². The number of benzene rings is 1. The van der Waals surface area contributed by atoms with Crippen molar-refractivity contribution in [1.82, 2.24) is 4.98 Å². The van der Waals surface area contributed by atoms with Gasteiger partial charge in [0.2, 0.25) is 0 Å². The molecule has 6 heteroatoms. The van der Waals surface area contributed by atoms with Gasteiger partial charge in [-0.2, -0.15) is 0 Å². The van der Waals surface area contributed by atoms with Crippen molar-refractivity contribution in [3.63, 3.8) is 0 Å². The van der Waals surface area contributed by atoms with Crippen LogP contribution in [0, 0.1) is 0 Å². The van der Waals surface area contributed by atoms with E-state index in [9.17, 15) is 9.90 Å². The van der Waals surface area contributed by atoms with Crippen molar-refractivity contribution in [1.29, 1.82) is 0 Å². The van der Waals surface area contributed by atoms with Crippen LogP contribution in [0.1, 0.15) is 9.67 Å². The Hall–Kier alpha value is -1.59. The molecule has 2 rings (SSSR count). The summed E-state index contributed by atoms with van der Waals surface area (Å²) in [5.41, 5.74) is 2.11. The summed E-state index contributed by atoms with van der Waals surface area (Å²) in [6.07, 6.45) is 1.49. The largest absolute Gasteiger partial charge is 0.506 e. The molecule has 0 unspecified atom stereocenters. The van der Waals surface area contributed by atoms with Crippen molar-refractivity contribution in [2.75, 3.05) is 5.32 Å². The molecule has 2 N–H and O–H groups in total. The maximum atomic E-state index is 11.6. The van der Waals surface area contributed by atoms with Crippen LogP contribution in [0.3, 0.4) is 0 Å². The van der Waals surface area contributed by atoms with Gasteiger partial charge in [-0.25, -0.2) is 0 Å². The fraction of sp³-hybridized carbons (Fsp3) is 0. The molecule has 1 heterocycles. The standard InChI is InChI=1S/C10H7ClN2O2S/c11-7-3-6(1-2-8(7)14)13-10(15)9-4-12-5-16-9/h1-5,14H,(H,13,15). The monoisotopic (exact) mass is 254 g/mol. The van der Waals surface area contributed by atoms with E-state index in [4.69, 9.17) is 11.6 Å². The summed E-state index contributed by atoms with van der Waals surface area (Å²) in [5.74, 6) is -0.262. The molecule has 0 aliphatic heterocycles. The molecule has 4 nitrogen and oxygen atoms in total. The number of anilines is 1. The lowest BCUT2D eigenvalue weighted by molar-refractivity contribution is 0.103. The Kier molecular flexibility index (Phi) is 3.07. The van der Waals surface area contributed by atoms with Crippen LogP contribution < -0.4 is 5.32 Å². The molecule has 1 aromatic carbocycles. The van der Waals surface area contributed by atoms with E-state index in [1.165, 1.54) is 29.7 Å². The lowest BCUT2D eigenvalue weighted by atomic mass is 10.3. The number of aromatic hydroxyl groups is 1. The highest BCUT2D eigenvalue weighted by molar-refractivity contribution is 7.11. The van der Waals surface area contributed by atoms with Gasteiger partial charge < -0.3 is 10.4 Å². The van der Waals surface area contributed by atoms with E-state index in [0.717, 1.165) is 0 Å². The van der Waals surface area contributed by atoms with Crippen LogP contribution in [0.15, 0.2) is 29.9 Å². The molecule has 0 fully saturated rings. The highest BCUT2D eigenvalue weighted by atomic mass is 35.5. The number of nitrogens with zero attached hydrogens (tertiary/aromatic N) is 1. The molecule has 0 atom stereocenters. The van der Waals surface area contributed by atoms with Gasteiger partial charge in [-0.05, 0) is 18.2 Å². The van der Waals surface area contributed by atoms with Crippen LogP contribution in [0.5, 0.6) is 5.75 Å². The number of amides is 1. The Labute approximate surface area is 101 Å². The number of phenolic OH excluding ortho intramolecular Hbond substituents is 1. The predicted molar refractivity (Wildman–Crippen MR) is 63.2 cm³/mol. The molecule has 82 valence electrons. The average molecular weight is 255 g/mol. The molecule has 0 bridgehead atoms. The van der Waals surface area contributed by atoms with E-state index in [1.807, 2.05) is 0 Å². The van der Waals surface area contributed by atoms with E-state index in [0.29, 0.717) is 10.6 Å². The second kappa shape index (κ2) is 4.51. The summed E-state index contributed by atoms with van der Waals surface area (Å²) < 4.78 is 0. The van der Waals surface area contributed by atoms with Crippen molar-refractivity contribution in [3.05, 3.63) is 39.8 Å². The second-order valence-corrected chi connectivity index (χ2v) is 4.28. The van der Waals surface area contributed by atoms with Crippen molar-refractivity contribution >= 4 is 34.5 Å². The quantitative estimate of drug-likeness (QED) is 0.810. The van der Waals surface area contributed by atoms with Crippen LogP contribution in [0.25, 0.3) is 0 Å². The molecule has 1 aromatic heterocycles. The third kappa shape index (κ3) is 2.32. The van der Waals surface area contributed by atoms with Crippen LogP contribution in [-0.4, -0.2) is 16.0 Å². The van der Waals surface area contributed by atoms with E-state index in [2.05, 4.69) is 10.3 Å². The molecule has 0 spiro atoms. The minimum Gasteiger partial charge on any atom is -0.506 e. The number of thiazole rings is 1. The number of aromatic nitrogens is 1. The molecule has 2 aromatic rings. The van der Waals surface area contributed by atoms with Gasteiger partial charge in [-0.3, -0.25) is 9.78 Å². The SMILES string of the molecule is O=C(Nc1ccc(O)c(Cl)c1)c1cncs1. The summed E-state index contributed by atoms with van der Waals surface area (Å²) in [7, 11) is 0. The van der Waals surface area contributed by atoms with Crippen LogP contribution in [0.4, 0.5) is 5.69 Å². The van der Waals surface area contributed by atoms with Crippen molar-refractivity contribution < 1.29 is 9.90 Å². The van der Waals surface area contributed by atoms with Crippen LogP contribution in [-0.2, 0) is 0 Å². The topological polar surface area (TPSA) is 62.2 Å². The molecule has 0 saturated carbocycles. The molecular weight excluding hydrogens is 248 g/mol. The lowest BCUT2D eigenvalue weighted by Gasteiger charge is -2.04. The summed E-state index contributed by atoms with van der Waals surface area (Å²) in [4.78, 5) is 16.0. The number of carbonyl (C=O) groups excluding carboxylic acids is 1. The Morgan fingerprint density at radius 3 is 2.94 bits per heavy atom. The van der Waals surface area contributed by atoms with Crippen LogP contribution in [0.2, 0.25) is 5.02 Å². The minimum atomic E-state index is -0.246. The summed E-state index contributed by atoms with van der Waals surface area (Å²) in [6.45, 7) is 0. The molecular formula is C10H7ClN2O2S. The third-order valence-corrected chi connectivity index (χ3v) is 2.94. The first-order chi connectivity index (χ1) is 7.66. The number of hydrogen-bond acceptors (Lipinski definition) is 4. The zero-order valence-corrected chi connectivity index (χ0v) is 9.55. The molecule has 1 amide bonds. The first-order valence-corrected chi connectivity index (χ1v) is 5.61. The Morgan fingerprint density at radius 1 is 1.50 bits per heavy atom. The number of halogens is 1. The zero-order chi connectivity index (χ0) is 11.5. The van der Waals surface area contributed by atoms with Gasteiger partial charge in [0.25, 0.3) is 5.91 Å². The lowest BCUT2D eigenvalue weighted by Crippen LogP contribution is -2.09. The molecule has 0 radical (unpaired) electrons. The Bertz CT molecular complexity index is 514. The number of hydrogen-bond donors (Lipinski definition) is 2. The first kappa shape index (κ1) is 10.9. The van der Waals surface area contributed by atoms with Gasteiger partial charge in [0.1, 0.15) is 10.6 Å². The highest BCUT2D eigenvalue weighted by Crippen LogP contribution is 2.26. The van der Waals surface area contributed by atoms with E-state index in [1.54, 1.807) is 11.6 Å². The molecule has 0 saturated heterocycles. The second-order valence-electron chi connectivity index (χ2n) is 2.99. The molecule has 16 heavy (non-hydrogen) atoms. The van der Waals surface area contributed by atoms with Gasteiger partial charge in [-0.15, -0.1) is 11.3 Å². The summed E-state index contributed by atoms with van der Waals surface area (Å²) in [5, 5.41) is 12.1. The molecule has 0 aliphatic rings. The summed E-state index contributed by atoms with van der Waals surface area (Å²) in [6, 6.07) is 4.47. The number of phenols is 1. The minimum absolute atomic E-state index is 0.0162. The fourth-order valence-corrected chi connectivity index (χ4v) is 1.80.